The average Bonchev–Trinajstić information content (AvgIpc) is 2.61. The van der Waals surface area contributed by atoms with E-state index < -0.39 is 47.3 Å². The second-order valence-electron chi connectivity index (χ2n) is 9.71. The number of aliphatic hydroxyl groups excluding tert-OH is 1. The van der Waals surface area contributed by atoms with Crippen LogP contribution in [0.3, 0.4) is 0 Å². The maximum Gasteiger partial charge on any atom is 0.407 e. The number of esters is 1. The molecule has 2 unspecified atom stereocenters. The zero-order valence-corrected chi connectivity index (χ0v) is 19.5. The summed E-state index contributed by atoms with van der Waals surface area (Å²) >= 11 is 0. The Labute approximate surface area is 188 Å². The van der Waals surface area contributed by atoms with Gasteiger partial charge in [-0.2, -0.15) is 0 Å². The second-order valence-corrected chi connectivity index (χ2v) is 9.71. The molecule has 3 atom stereocenters. The second kappa shape index (κ2) is 11.2. The topological polar surface area (TPSA) is 142 Å². The minimum atomic E-state index is -1.70. The molecular formula is C23H35NO8. The molecule has 0 heterocycles. The number of ether oxygens (including phenoxy) is 2. The zero-order valence-electron chi connectivity index (χ0n) is 19.5. The number of phenols is 1. The van der Waals surface area contributed by atoms with Crippen LogP contribution < -0.4 is 5.32 Å². The fraction of sp³-hybridized carbons (Fsp3) is 0.609. The van der Waals surface area contributed by atoms with E-state index in [2.05, 4.69) is 5.32 Å². The first-order chi connectivity index (χ1) is 14.6. The van der Waals surface area contributed by atoms with Crippen LogP contribution in [0.5, 0.6) is 5.75 Å². The lowest BCUT2D eigenvalue weighted by molar-refractivity contribution is -0.166. The van der Waals surface area contributed by atoms with Crippen LogP contribution in [0.1, 0.15) is 59.9 Å². The van der Waals surface area contributed by atoms with Crippen LogP contribution in [0.15, 0.2) is 24.3 Å². The lowest BCUT2D eigenvalue weighted by Gasteiger charge is -2.28. The summed E-state index contributed by atoms with van der Waals surface area (Å²) in [6.45, 7) is 9.95. The Morgan fingerprint density at radius 2 is 1.47 bits per heavy atom. The molecule has 1 amide bonds. The number of nitrogens with one attached hydrogen (secondary N) is 1. The predicted molar refractivity (Wildman–Crippen MR) is 117 cm³/mol. The molecule has 0 bridgehead atoms. The molecule has 9 heteroatoms. The number of aromatic hydroxyl groups is 1. The van der Waals surface area contributed by atoms with Crippen molar-refractivity contribution >= 4 is 18.0 Å². The smallest absolute Gasteiger partial charge is 0.407 e. The fourth-order valence-corrected chi connectivity index (χ4v) is 2.90. The van der Waals surface area contributed by atoms with Gasteiger partial charge in [0.15, 0.2) is 6.10 Å². The summed E-state index contributed by atoms with van der Waals surface area (Å²) in [5, 5.41) is 32.0. The van der Waals surface area contributed by atoms with Gasteiger partial charge in [0.05, 0.1) is 12.0 Å². The van der Waals surface area contributed by atoms with Crippen LogP contribution in [0.25, 0.3) is 0 Å². The number of carboxylic acid groups (broad SMARTS) is 1. The number of benzene rings is 1. The summed E-state index contributed by atoms with van der Waals surface area (Å²) < 4.78 is 10.4. The fourth-order valence-electron chi connectivity index (χ4n) is 2.90. The molecule has 1 aromatic carbocycles. The van der Waals surface area contributed by atoms with Crippen LogP contribution >= 0.6 is 0 Å². The largest absolute Gasteiger partial charge is 0.508 e. The van der Waals surface area contributed by atoms with Gasteiger partial charge in [-0.25, -0.2) is 9.59 Å². The van der Waals surface area contributed by atoms with Gasteiger partial charge in [-0.1, -0.05) is 12.1 Å². The van der Waals surface area contributed by atoms with Gasteiger partial charge >= 0.3 is 18.0 Å². The van der Waals surface area contributed by atoms with Crippen molar-refractivity contribution < 1.29 is 39.2 Å². The van der Waals surface area contributed by atoms with E-state index in [1.807, 2.05) is 0 Å². The molecule has 180 valence electrons. The van der Waals surface area contributed by atoms with Gasteiger partial charge < -0.3 is 30.1 Å². The van der Waals surface area contributed by atoms with E-state index in [0.717, 1.165) is 0 Å². The van der Waals surface area contributed by atoms with Crippen molar-refractivity contribution in [3.05, 3.63) is 29.8 Å². The van der Waals surface area contributed by atoms with Crippen molar-refractivity contribution in [1.82, 2.24) is 5.32 Å². The monoisotopic (exact) mass is 453 g/mol. The van der Waals surface area contributed by atoms with Gasteiger partial charge in [-0.05, 0) is 78.5 Å². The summed E-state index contributed by atoms with van der Waals surface area (Å²) in [6.07, 6.45) is -2.30. The number of amides is 1. The predicted octanol–water partition coefficient (Wildman–Crippen LogP) is 3.01. The van der Waals surface area contributed by atoms with Crippen molar-refractivity contribution in [2.75, 3.05) is 0 Å². The Morgan fingerprint density at radius 1 is 0.938 bits per heavy atom. The summed E-state index contributed by atoms with van der Waals surface area (Å²) in [7, 11) is 0. The van der Waals surface area contributed by atoms with Gasteiger partial charge in [0.2, 0.25) is 0 Å². The lowest BCUT2D eigenvalue weighted by atomic mass is 9.91. The highest BCUT2D eigenvalue weighted by molar-refractivity contribution is 5.77. The summed E-state index contributed by atoms with van der Waals surface area (Å²) in [6, 6.07) is 5.07. The summed E-state index contributed by atoms with van der Waals surface area (Å²) in [5.74, 6) is -2.75. The SMILES string of the molecule is CC(C)(C)OC(=O)N[C@H](CCC(Cc1ccc(O)cc1)C(=O)O)C(O)C(=O)OC(C)(C)C. The molecule has 1 aromatic rings. The van der Waals surface area contributed by atoms with E-state index in [9.17, 15) is 29.7 Å². The van der Waals surface area contributed by atoms with Gasteiger partial charge in [0, 0.05) is 0 Å². The quantitative estimate of drug-likeness (QED) is 0.418. The summed E-state index contributed by atoms with van der Waals surface area (Å²) in [5.41, 5.74) is -0.940. The van der Waals surface area contributed by atoms with E-state index in [-0.39, 0.29) is 25.0 Å². The highest BCUT2D eigenvalue weighted by atomic mass is 16.6. The lowest BCUT2D eigenvalue weighted by Crippen LogP contribution is -2.50. The molecule has 0 radical (unpaired) electrons. The van der Waals surface area contributed by atoms with Crippen molar-refractivity contribution in [1.29, 1.82) is 0 Å². The molecule has 1 rings (SSSR count). The molecule has 0 aromatic heterocycles. The Bertz CT molecular complexity index is 777. The highest BCUT2D eigenvalue weighted by Crippen LogP contribution is 2.20. The molecule has 9 nitrogen and oxygen atoms in total. The maximum absolute atomic E-state index is 12.4. The van der Waals surface area contributed by atoms with E-state index >= 15 is 0 Å². The van der Waals surface area contributed by atoms with Gasteiger partial charge in [-0.3, -0.25) is 4.79 Å². The number of phenolic OH excluding ortho intramolecular Hbond substituents is 1. The Balaban J connectivity index is 2.95. The van der Waals surface area contributed by atoms with Crippen molar-refractivity contribution in [2.45, 2.75) is 84.2 Å². The van der Waals surface area contributed by atoms with Gasteiger partial charge in [-0.15, -0.1) is 0 Å². The number of carbonyl (C=O) groups is 3. The van der Waals surface area contributed by atoms with Crippen LogP contribution in [0.2, 0.25) is 0 Å². The highest BCUT2D eigenvalue weighted by Gasteiger charge is 2.34. The normalized spacial score (nSPS) is 14.7. The molecule has 0 saturated heterocycles. The van der Waals surface area contributed by atoms with Crippen LogP contribution in [-0.4, -0.2) is 56.7 Å². The molecule has 0 saturated carbocycles. The number of carboxylic acids is 1. The molecule has 0 spiro atoms. The third kappa shape index (κ3) is 10.5. The van der Waals surface area contributed by atoms with E-state index in [0.29, 0.717) is 5.56 Å². The summed E-state index contributed by atoms with van der Waals surface area (Å²) in [4.78, 5) is 36.4. The minimum absolute atomic E-state index is 0.00526. The average molecular weight is 454 g/mol. The number of carbonyl (C=O) groups excluding carboxylic acids is 2. The van der Waals surface area contributed by atoms with E-state index in [1.165, 1.54) is 12.1 Å². The third-order valence-electron chi connectivity index (χ3n) is 4.33. The number of rotatable bonds is 9. The number of hydrogen-bond donors (Lipinski definition) is 4. The molecule has 0 aliphatic heterocycles. The molecule has 0 fully saturated rings. The first-order valence-corrected chi connectivity index (χ1v) is 10.5. The Morgan fingerprint density at radius 3 is 1.94 bits per heavy atom. The number of alkyl carbamates (subject to hydrolysis) is 1. The first-order valence-electron chi connectivity index (χ1n) is 10.5. The molecule has 4 N–H and O–H groups in total. The van der Waals surface area contributed by atoms with Gasteiger partial charge in [0.25, 0.3) is 0 Å². The first kappa shape index (κ1) is 27.2. The number of hydrogen-bond acceptors (Lipinski definition) is 7. The van der Waals surface area contributed by atoms with Crippen molar-refractivity contribution in [2.24, 2.45) is 5.92 Å². The molecule has 0 aliphatic carbocycles. The van der Waals surface area contributed by atoms with E-state index in [4.69, 9.17) is 9.47 Å². The minimum Gasteiger partial charge on any atom is -0.508 e. The molecular weight excluding hydrogens is 418 g/mol. The Kier molecular flexibility index (Phi) is 9.51. The van der Waals surface area contributed by atoms with E-state index in [1.54, 1.807) is 53.7 Å². The van der Waals surface area contributed by atoms with Crippen molar-refractivity contribution in [3.63, 3.8) is 0 Å². The van der Waals surface area contributed by atoms with Crippen LogP contribution in [0.4, 0.5) is 4.79 Å². The zero-order chi connectivity index (χ0) is 24.7. The third-order valence-corrected chi connectivity index (χ3v) is 4.33. The molecule has 32 heavy (non-hydrogen) atoms. The Hall–Kier alpha value is -2.81. The molecule has 0 aliphatic rings. The van der Waals surface area contributed by atoms with Gasteiger partial charge in [0.1, 0.15) is 17.0 Å². The van der Waals surface area contributed by atoms with Crippen LogP contribution in [0, 0.1) is 5.92 Å². The number of aliphatic hydroxyl groups is 1. The van der Waals surface area contributed by atoms with Crippen LogP contribution in [-0.2, 0) is 25.5 Å². The maximum atomic E-state index is 12.4. The standard InChI is InChI=1S/C23H35NO8/c1-22(2,3)31-20(29)18(26)17(24-21(30)32-23(4,5)6)12-9-15(19(27)28)13-14-7-10-16(25)11-8-14/h7-8,10-11,15,17-18,25-26H,9,12-13H2,1-6H3,(H,24,30)(H,27,28)/t15?,17-,18?/m1/s1. The number of aliphatic carboxylic acids is 1. The van der Waals surface area contributed by atoms with Crippen molar-refractivity contribution in [3.8, 4) is 5.75 Å².